The second kappa shape index (κ2) is 7.14. The number of carbonyl (C=O) groups is 2. The lowest BCUT2D eigenvalue weighted by Gasteiger charge is -2.19. The Bertz CT molecular complexity index is 518. The van der Waals surface area contributed by atoms with E-state index in [2.05, 4.69) is 15.9 Å². The average Bonchev–Trinajstić information content (AvgIpc) is 2.42. The van der Waals surface area contributed by atoms with E-state index in [0.717, 1.165) is 0 Å². The van der Waals surface area contributed by atoms with Crippen molar-refractivity contribution >= 4 is 27.8 Å². The number of amides is 1. The van der Waals surface area contributed by atoms with E-state index in [4.69, 9.17) is 14.6 Å². The smallest absolute Gasteiger partial charge is 0.305 e. The molecule has 0 radical (unpaired) electrons. The van der Waals surface area contributed by atoms with Crippen molar-refractivity contribution in [3.05, 3.63) is 22.2 Å². The maximum Gasteiger partial charge on any atom is 0.305 e. The first kappa shape index (κ1) is 16.3. The molecule has 0 atom stereocenters. The Morgan fingerprint density at radius 2 is 1.95 bits per heavy atom. The third-order valence-electron chi connectivity index (χ3n) is 2.70. The van der Waals surface area contributed by atoms with Crippen molar-refractivity contribution in [1.29, 1.82) is 0 Å². The van der Waals surface area contributed by atoms with Crippen molar-refractivity contribution in [2.45, 2.75) is 6.42 Å². The molecule has 1 N–H and O–H groups in total. The number of hydrogen-bond acceptors (Lipinski definition) is 4. The van der Waals surface area contributed by atoms with Gasteiger partial charge in [-0.3, -0.25) is 9.59 Å². The normalized spacial score (nSPS) is 10.0. The largest absolute Gasteiger partial charge is 0.497 e. The molecular weight excluding hydrogens is 330 g/mol. The molecule has 1 aromatic carbocycles. The second-order valence-electron chi connectivity index (χ2n) is 4.06. The molecule has 6 nitrogen and oxygen atoms in total. The predicted octanol–water partition coefficient (Wildman–Crippen LogP) is 2.01. The lowest BCUT2D eigenvalue weighted by atomic mass is 10.1. The standard InChI is InChI=1S/C13H16BrNO5/c1-15(5-4-11(16)17)13(18)9-6-8(19-2)7-10(14)12(9)20-3/h6-7H,4-5H2,1-3H3,(H,16,17). The fraction of sp³-hybridized carbons (Fsp3) is 0.385. The molecule has 0 aliphatic heterocycles. The summed E-state index contributed by atoms with van der Waals surface area (Å²) in [6.45, 7) is 0.117. The van der Waals surface area contributed by atoms with Crippen LogP contribution in [0.15, 0.2) is 16.6 Å². The summed E-state index contributed by atoms with van der Waals surface area (Å²) in [4.78, 5) is 24.2. The van der Waals surface area contributed by atoms with Gasteiger partial charge in [-0.1, -0.05) is 0 Å². The number of carboxylic acids is 1. The van der Waals surface area contributed by atoms with Gasteiger partial charge in [0.25, 0.3) is 5.91 Å². The first-order valence-electron chi connectivity index (χ1n) is 5.79. The fourth-order valence-electron chi connectivity index (χ4n) is 1.62. The summed E-state index contributed by atoms with van der Waals surface area (Å²) in [5.74, 6) is -0.392. The number of rotatable bonds is 6. The van der Waals surface area contributed by atoms with Crippen molar-refractivity contribution < 1.29 is 24.2 Å². The zero-order valence-electron chi connectivity index (χ0n) is 11.5. The Kier molecular flexibility index (Phi) is 5.82. The molecule has 0 unspecified atom stereocenters. The zero-order chi connectivity index (χ0) is 15.3. The van der Waals surface area contributed by atoms with Gasteiger partial charge in [0.15, 0.2) is 0 Å². The van der Waals surface area contributed by atoms with Crippen molar-refractivity contribution in [3.8, 4) is 11.5 Å². The minimum atomic E-state index is -0.955. The molecule has 0 aromatic heterocycles. The molecule has 20 heavy (non-hydrogen) atoms. The van der Waals surface area contributed by atoms with E-state index in [9.17, 15) is 9.59 Å². The minimum absolute atomic E-state index is 0.115. The Hall–Kier alpha value is -1.76. The van der Waals surface area contributed by atoms with E-state index in [0.29, 0.717) is 21.5 Å². The van der Waals surface area contributed by atoms with Gasteiger partial charge in [-0.2, -0.15) is 0 Å². The van der Waals surface area contributed by atoms with Gasteiger partial charge in [0, 0.05) is 13.6 Å². The maximum atomic E-state index is 12.3. The van der Waals surface area contributed by atoms with Gasteiger partial charge in [0.2, 0.25) is 0 Å². The number of aliphatic carboxylic acids is 1. The van der Waals surface area contributed by atoms with Crippen LogP contribution in [0.2, 0.25) is 0 Å². The third-order valence-corrected chi connectivity index (χ3v) is 3.28. The van der Waals surface area contributed by atoms with Crippen LogP contribution < -0.4 is 9.47 Å². The van der Waals surface area contributed by atoms with Gasteiger partial charge >= 0.3 is 5.97 Å². The maximum absolute atomic E-state index is 12.3. The summed E-state index contributed by atoms with van der Waals surface area (Å²) in [6, 6.07) is 3.25. The van der Waals surface area contributed by atoms with Crippen LogP contribution in [0.4, 0.5) is 0 Å². The molecular formula is C13H16BrNO5. The van der Waals surface area contributed by atoms with E-state index in [1.807, 2.05) is 0 Å². The van der Waals surface area contributed by atoms with Crippen molar-refractivity contribution in [2.24, 2.45) is 0 Å². The quantitative estimate of drug-likeness (QED) is 0.853. The molecule has 0 fully saturated rings. The van der Waals surface area contributed by atoms with Crippen molar-refractivity contribution in [3.63, 3.8) is 0 Å². The highest BCUT2D eigenvalue weighted by Gasteiger charge is 2.20. The molecule has 1 amide bonds. The van der Waals surface area contributed by atoms with Crippen molar-refractivity contribution in [2.75, 3.05) is 27.8 Å². The highest BCUT2D eigenvalue weighted by molar-refractivity contribution is 9.10. The van der Waals surface area contributed by atoms with Crippen LogP contribution >= 0.6 is 15.9 Å². The van der Waals surface area contributed by atoms with Crippen LogP contribution in [-0.4, -0.2) is 49.7 Å². The summed E-state index contributed by atoms with van der Waals surface area (Å²) in [5, 5.41) is 8.65. The SMILES string of the molecule is COc1cc(Br)c(OC)c(C(=O)N(C)CCC(=O)O)c1. The lowest BCUT2D eigenvalue weighted by molar-refractivity contribution is -0.137. The topological polar surface area (TPSA) is 76.1 Å². The molecule has 110 valence electrons. The molecule has 7 heteroatoms. The summed E-state index contributed by atoms with van der Waals surface area (Å²) in [6.07, 6.45) is -0.115. The number of nitrogens with zero attached hydrogens (tertiary/aromatic N) is 1. The molecule has 0 heterocycles. The summed E-state index contributed by atoms with van der Waals surface area (Å²) >= 11 is 3.31. The lowest BCUT2D eigenvalue weighted by Crippen LogP contribution is -2.29. The number of carbonyl (C=O) groups excluding carboxylic acids is 1. The Morgan fingerprint density at radius 3 is 2.45 bits per heavy atom. The number of benzene rings is 1. The molecule has 0 aliphatic rings. The number of carboxylic acid groups (broad SMARTS) is 1. The van der Waals surface area contributed by atoms with Gasteiger partial charge in [0.1, 0.15) is 11.5 Å². The Morgan fingerprint density at radius 1 is 1.30 bits per heavy atom. The van der Waals surface area contributed by atoms with E-state index >= 15 is 0 Å². The van der Waals surface area contributed by atoms with E-state index in [1.54, 1.807) is 12.1 Å². The first-order valence-corrected chi connectivity index (χ1v) is 6.58. The van der Waals surface area contributed by atoms with Gasteiger partial charge in [0.05, 0.1) is 30.7 Å². The van der Waals surface area contributed by atoms with E-state index in [1.165, 1.54) is 26.2 Å². The zero-order valence-corrected chi connectivity index (χ0v) is 13.1. The fourth-order valence-corrected chi connectivity index (χ4v) is 2.22. The molecule has 1 rings (SSSR count). The van der Waals surface area contributed by atoms with Gasteiger partial charge in [-0.15, -0.1) is 0 Å². The number of ether oxygens (including phenoxy) is 2. The number of methoxy groups -OCH3 is 2. The molecule has 0 bridgehead atoms. The molecule has 0 spiro atoms. The third kappa shape index (κ3) is 3.86. The van der Waals surface area contributed by atoms with Gasteiger partial charge < -0.3 is 19.5 Å². The van der Waals surface area contributed by atoms with Crippen LogP contribution in [0.3, 0.4) is 0 Å². The van der Waals surface area contributed by atoms with Crippen LogP contribution in [0, 0.1) is 0 Å². The predicted molar refractivity (Wildman–Crippen MR) is 76.5 cm³/mol. The molecule has 1 aromatic rings. The van der Waals surface area contributed by atoms with Crippen LogP contribution in [0.25, 0.3) is 0 Å². The highest BCUT2D eigenvalue weighted by Crippen LogP contribution is 2.34. The first-order chi connectivity index (χ1) is 9.40. The Balaban J connectivity index is 3.07. The van der Waals surface area contributed by atoms with Crippen LogP contribution in [-0.2, 0) is 4.79 Å². The summed E-state index contributed by atoms with van der Waals surface area (Å²) < 4.78 is 10.9. The Labute approximate surface area is 125 Å². The molecule has 0 saturated carbocycles. The number of hydrogen-bond donors (Lipinski definition) is 1. The van der Waals surface area contributed by atoms with Crippen molar-refractivity contribution in [1.82, 2.24) is 4.90 Å². The number of halogens is 1. The second-order valence-corrected chi connectivity index (χ2v) is 4.91. The van der Waals surface area contributed by atoms with Gasteiger partial charge in [-0.25, -0.2) is 0 Å². The molecule has 0 aliphatic carbocycles. The van der Waals surface area contributed by atoms with Crippen LogP contribution in [0.5, 0.6) is 11.5 Å². The average molecular weight is 346 g/mol. The summed E-state index contributed by atoms with van der Waals surface area (Å²) in [5.41, 5.74) is 0.312. The highest BCUT2D eigenvalue weighted by atomic mass is 79.9. The van der Waals surface area contributed by atoms with Crippen LogP contribution in [0.1, 0.15) is 16.8 Å². The summed E-state index contributed by atoms with van der Waals surface area (Å²) in [7, 11) is 4.50. The van der Waals surface area contributed by atoms with E-state index < -0.39 is 5.97 Å². The van der Waals surface area contributed by atoms with Gasteiger partial charge in [-0.05, 0) is 28.1 Å². The minimum Gasteiger partial charge on any atom is -0.497 e. The van der Waals surface area contributed by atoms with E-state index in [-0.39, 0.29) is 18.9 Å². The molecule has 0 saturated heterocycles. The monoisotopic (exact) mass is 345 g/mol.